The first-order chi connectivity index (χ1) is 30.6. The molecule has 16 heteroatoms. The van der Waals surface area contributed by atoms with Crippen LogP contribution in [0.4, 0.5) is 11.5 Å². The molecule has 0 spiro atoms. The number of nitrogens with two attached hydrogens (primary N) is 1. The molecule has 1 aliphatic carbocycles. The van der Waals surface area contributed by atoms with Crippen LogP contribution in [-0.4, -0.2) is 72.7 Å². The number of amides is 6. The number of nitrogens with one attached hydrogen (secondary N) is 3. The molecule has 2 aliphatic heterocycles. The number of imide groups is 2. The fourth-order valence-corrected chi connectivity index (χ4v) is 8.20. The largest absolute Gasteiger partial charge is 0.444 e. The van der Waals surface area contributed by atoms with E-state index in [1.807, 2.05) is 36.4 Å². The number of primary amides is 1. The summed E-state index contributed by atoms with van der Waals surface area (Å²) in [6.07, 6.45) is 18.6. The highest BCUT2D eigenvalue weighted by molar-refractivity contribution is 6.24. The number of carbonyl (C=O) groups excluding carboxylic acids is 6. The molecule has 2 fully saturated rings. The van der Waals surface area contributed by atoms with Crippen LogP contribution in [0, 0.1) is 5.92 Å². The van der Waals surface area contributed by atoms with Crippen LogP contribution in [-0.2, 0) is 22.4 Å². The van der Waals surface area contributed by atoms with Crippen LogP contribution in [0.1, 0.15) is 136 Å². The molecule has 1 saturated carbocycles. The van der Waals surface area contributed by atoms with Crippen molar-refractivity contribution in [1.29, 1.82) is 0 Å². The van der Waals surface area contributed by atoms with E-state index in [4.69, 9.17) is 10.2 Å². The van der Waals surface area contributed by atoms with Crippen LogP contribution >= 0.6 is 0 Å². The summed E-state index contributed by atoms with van der Waals surface area (Å²) in [5, 5.41) is 12.6. The molecule has 0 radical (unpaired) electrons. The summed E-state index contributed by atoms with van der Waals surface area (Å²) in [7, 11) is 0. The second kappa shape index (κ2) is 19.4. The minimum absolute atomic E-state index is 0.0328. The summed E-state index contributed by atoms with van der Waals surface area (Å²) in [6.45, 7) is 0.862. The summed E-state index contributed by atoms with van der Waals surface area (Å²) >= 11 is 0. The number of pyridine rings is 1. The van der Waals surface area contributed by atoms with Gasteiger partial charge >= 0.3 is 0 Å². The predicted octanol–water partition coefficient (Wildman–Crippen LogP) is 6.79. The number of rotatable bonds is 21. The molecule has 5 heterocycles. The summed E-state index contributed by atoms with van der Waals surface area (Å²) < 4.78 is 7.12. The van der Waals surface area contributed by atoms with E-state index in [2.05, 4.69) is 31.0 Å². The second-order valence-electron chi connectivity index (χ2n) is 16.6. The first-order valence-electron chi connectivity index (χ1n) is 21.9. The summed E-state index contributed by atoms with van der Waals surface area (Å²) in [6, 6.07) is 15.8. The van der Waals surface area contributed by atoms with Crippen LogP contribution in [0.2, 0.25) is 0 Å². The molecular formula is C47H51N9O7. The van der Waals surface area contributed by atoms with Gasteiger partial charge in [0.25, 0.3) is 23.6 Å². The fraction of sp³-hybridized carbons (Fsp3) is 0.383. The lowest BCUT2D eigenvalue weighted by atomic mass is 9.97. The SMILES string of the molecule is NC(=O)c1nn(-c2ccc(CCCCCCCCCCCc3cccc4c3C(=O)N(C3CCC(=O)NC3=O)C4=O)cc2)cc1NC(=O)c1coc(-c2ccnc(NCC3CC3)c2)n1. The van der Waals surface area contributed by atoms with Gasteiger partial charge in [0.1, 0.15) is 18.1 Å². The van der Waals surface area contributed by atoms with E-state index in [-0.39, 0.29) is 41.7 Å². The number of hydrogen-bond donors (Lipinski definition) is 4. The molecule has 2 aromatic carbocycles. The van der Waals surface area contributed by atoms with Crippen molar-refractivity contribution in [2.75, 3.05) is 17.2 Å². The topological polar surface area (TPSA) is 225 Å². The minimum atomic E-state index is -0.960. The number of oxazole rings is 1. The van der Waals surface area contributed by atoms with E-state index >= 15 is 0 Å². The first-order valence-corrected chi connectivity index (χ1v) is 21.9. The average Bonchev–Trinajstić information content (AvgIpc) is 3.68. The van der Waals surface area contributed by atoms with Crippen molar-refractivity contribution in [1.82, 2.24) is 30.0 Å². The van der Waals surface area contributed by atoms with Gasteiger partial charge in [0, 0.05) is 24.7 Å². The molecule has 3 aliphatic rings. The minimum Gasteiger partial charge on any atom is -0.444 e. The maximum atomic E-state index is 13.3. The molecule has 63 heavy (non-hydrogen) atoms. The van der Waals surface area contributed by atoms with Gasteiger partial charge in [-0.1, -0.05) is 69.2 Å². The number of hydrogen-bond acceptors (Lipinski definition) is 11. The highest BCUT2D eigenvalue weighted by Crippen LogP contribution is 2.32. The molecule has 326 valence electrons. The van der Waals surface area contributed by atoms with Gasteiger partial charge in [-0.05, 0) is 92.3 Å². The number of aromatic nitrogens is 4. The van der Waals surface area contributed by atoms with Crippen molar-refractivity contribution in [2.45, 2.75) is 102 Å². The second-order valence-corrected chi connectivity index (χ2v) is 16.6. The highest BCUT2D eigenvalue weighted by Gasteiger charge is 2.45. The van der Waals surface area contributed by atoms with Crippen molar-refractivity contribution in [2.24, 2.45) is 11.7 Å². The maximum absolute atomic E-state index is 13.3. The number of fused-ring (bicyclic) bond motifs is 1. The van der Waals surface area contributed by atoms with Crippen molar-refractivity contribution >= 4 is 46.9 Å². The standard InChI is InChI=1S/C47H51N9O7/c48-42(58)41-35(51-43(59)36-28-63-45(52-36)32-23-24-49-38(25-32)50-26-30-15-16-30)27-55(54-41)33-19-17-29(18-20-33)11-8-6-4-2-1-3-5-7-9-12-31-13-10-14-34-40(31)47(62)56(46(34)61)37-21-22-39(57)53-44(37)60/h10,13-14,17-20,23-25,27-28,30,37H,1-9,11-12,15-16,21-22,26H2,(H2,48,58)(H,49,50)(H,51,59)(H,53,57,60). The van der Waals surface area contributed by atoms with Gasteiger partial charge in [0.2, 0.25) is 17.7 Å². The molecule has 5 N–H and O–H groups in total. The Balaban J connectivity index is 0.729. The predicted molar refractivity (Wildman–Crippen MR) is 233 cm³/mol. The molecule has 8 rings (SSSR count). The Morgan fingerprint density at radius 1 is 0.857 bits per heavy atom. The molecule has 6 amide bonds. The lowest BCUT2D eigenvalue weighted by Gasteiger charge is -2.27. The molecule has 1 unspecified atom stereocenters. The summed E-state index contributed by atoms with van der Waals surface area (Å²) in [5.41, 5.74) is 9.87. The van der Waals surface area contributed by atoms with Crippen LogP contribution in [0.25, 0.3) is 17.1 Å². The molecule has 0 bridgehead atoms. The third-order valence-corrected chi connectivity index (χ3v) is 11.9. The lowest BCUT2D eigenvalue weighted by Crippen LogP contribution is -2.54. The Morgan fingerprint density at radius 3 is 2.30 bits per heavy atom. The van der Waals surface area contributed by atoms with Crippen molar-refractivity contribution in [3.8, 4) is 17.1 Å². The van der Waals surface area contributed by atoms with Crippen LogP contribution in [0.3, 0.4) is 0 Å². The Bertz CT molecular complexity index is 2520. The van der Waals surface area contributed by atoms with Gasteiger partial charge in [-0.25, -0.2) is 14.6 Å². The quantitative estimate of drug-likeness (QED) is 0.0444. The zero-order valence-electron chi connectivity index (χ0n) is 35.1. The molecule has 3 aromatic heterocycles. The van der Waals surface area contributed by atoms with Gasteiger partial charge in [-0.15, -0.1) is 0 Å². The maximum Gasteiger partial charge on any atom is 0.277 e. The van der Waals surface area contributed by atoms with Crippen LogP contribution in [0.15, 0.2) is 77.7 Å². The Labute approximate surface area is 364 Å². The normalized spacial score (nSPS) is 16.0. The van der Waals surface area contributed by atoms with Gasteiger partial charge in [-0.3, -0.25) is 39.0 Å². The lowest BCUT2D eigenvalue weighted by molar-refractivity contribution is -0.136. The van der Waals surface area contributed by atoms with Crippen molar-refractivity contribution in [3.05, 3.63) is 107 Å². The molecule has 1 atom stereocenters. The zero-order chi connectivity index (χ0) is 43.9. The molecule has 16 nitrogen and oxygen atoms in total. The number of unbranched alkanes of at least 4 members (excludes halogenated alkanes) is 8. The number of anilines is 2. The van der Waals surface area contributed by atoms with Crippen molar-refractivity contribution < 1.29 is 33.2 Å². The van der Waals surface area contributed by atoms with E-state index in [0.29, 0.717) is 40.5 Å². The smallest absolute Gasteiger partial charge is 0.277 e. The average molecular weight is 854 g/mol. The van der Waals surface area contributed by atoms with Crippen LogP contribution < -0.4 is 21.7 Å². The van der Waals surface area contributed by atoms with Gasteiger partial charge < -0.3 is 20.8 Å². The Morgan fingerprint density at radius 2 is 1.59 bits per heavy atom. The van der Waals surface area contributed by atoms with E-state index < -0.39 is 35.6 Å². The highest BCUT2D eigenvalue weighted by atomic mass is 16.3. The van der Waals surface area contributed by atoms with E-state index in [1.165, 1.54) is 35.8 Å². The number of benzene rings is 2. The van der Waals surface area contributed by atoms with E-state index in [0.717, 1.165) is 74.8 Å². The summed E-state index contributed by atoms with van der Waals surface area (Å²) in [4.78, 5) is 85.7. The third-order valence-electron chi connectivity index (χ3n) is 11.9. The molecule has 1 saturated heterocycles. The van der Waals surface area contributed by atoms with Crippen molar-refractivity contribution in [3.63, 3.8) is 0 Å². The third kappa shape index (κ3) is 10.2. The molecule has 5 aromatic rings. The number of carbonyl (C=O) groups is 6. The fourth-order valence-electron chi connectivity index (χ4n) is 8.20. The number of nitrogens with zero attached hydrogens (tertiary/aromatic N) is 5. The van der Waals surface area contributed by atoms with E-state index in [1.54, 1.807) is 30.6 Å². The first kappa shape index (κ1) is 42.7. The van der Waals surface area contributed by atoms with E-state index in [9.17, 15) is 28.8 Å². The number of piperidine rings is 1. The monoisotopic (exact) mass is 853 g/mol. The number of aryl methyl sites for hydroxylation is 2. The van der Waals surface area contributed by atoms with Gasteiger partial charge in [0.15, 0.2) is 11.4 Å². The Kier molecular flexibility index (Phi) is 13.1. The molecular weight excluding hydrogens is 803 g/mol. The summed E-state index contributed by atoms with van der Waals surface area (Å²) in [5.74, 6) is -1.60. The van der Waals surface area contributed by atoms with Gasteiger partial charge in [0.05, 0.1) is 28.7 Å². The Hall–Kier alpha value is -6.97. The van der Waals surface area contributed by atoms with Gasteiger partial charge in [-0.2, -0.15) is 5.10 Å². The zero-order valence-corrected chi connectivity index (χ0v) is 35.1. The van der Waals surface area contributed by atoms with Crippen LogP contribution in [0.5, 0.6) is 0 Å².